The summed E-state index contributed by atoms with van der Waals surface area (Å²) in [5.41, 5.74) is 0. The number of carbonyl (C=O) groups excluding carboxylic acids is 5. The van der Waals surface area contributed by atoms with E-state index in [2.05, 4.69) is 10.6 Å². The van der Waals surface area contributed by atoms with Crippen LogP contribution in [0, 0.1) is 71.0 Å². The standard InChI is InChI=1S/C33H54N2O7/c1-7-21-19(15-36)13-25(32(41)34-27(38)11-17(3)4)29(21)23-9-10-24(31(23)40)30-22(8-2)20(16-37)14-26(30)33(42)35-28(39)12-18(5)6/h17-26,29-30,36-37H,7-16H2,1-6H3,(H,34,38,41)(H,35,39,42)/t19-,20+,21+,22-,23?,24?,25-,26+,29?,30?. The molecular weight excluding hydrogens is 536 g/mol. The molecule has 4 N–H and O–H groups in total. The summed E-state index contributed by atoms with van der Waals surface area (Å²) in [4.78, 5) is 66.2. The van der Waals surface area contributed by atoms with Crippen LogP contribution in [0.5, 0.6) is 0 Å². The Hall–Kier alpha value is -2.13. The lowest BCUT2D eigenvalue weighted by atomic mass is 9.71. The number of aliphatic hydroxyl groups is 2. The molecule has 4 amide bonds. The molecule has 3 aliphatic carbocycles. The predicted molar refractivity (Wildman–Crippen MR) is 158 cm³/mol. The van der Waals surface area contributed by atoms with E-state index in [4.69, 9.17) is 0 Å². The molecule has 10 atom stereocenters. The number of hydrogen-bond donors (Lipinski definition) is 4. The summed E-state index contributed by atoms with van der Waals surface area (Å²) in [6.07, 6.45) is 3.95. The third kappa shape index (κ3) is 7.50. The third-order valence-corrected chi connectivity index (χ3v) is 10.5. The molecule has 3 saturated carbocycles. The molecule has 0 aliphatic heterocycles. The largest absolute Gasteiger partial charge is 0.396 e. The van der Waals surface area contributed by atoms with E-state index in [0.717, 1.165) is 0 Å². The van der Waals surface area contributed by atoms with Gasteiger partial charge in [-0.15, -0.1) is 0 Å². The Labute approximate surface area is 251 Å². The number of rotatable bonds is 12. The molecule has 238 valence electrons. The van der Waals surface area contributed by atoms with Crippen LogP contribution in [-0.4, -0.2) is 52.8 Å². The number of amides is 4. The number of hydrogen-bond acceptors (Lipinski definition) is 7. The van der Waals surface area contributed by atoms with E-state index in [0.29, 0.717) is 38.5 Å². The number of Topliss-reactive ketones (excluding diaryl/α,β-unsaturated/α-hetero) is 1. The molecule has 3 aliphatic rings. The van der Waals surface area contributed by atoms with Gasteiger partial charge in [-0.05, 0) is 73.0 Å². The van der Waals surface area contributed by atoms with Gasteiger partial charge in [0, 0.05) is 49.7 Å². The van der Waals surface area contributed by atoms with Crippen LogP contribution >= 0.6 is 0 Å². The Morgan fingerprint density at radius 1 is 0.714 bits per heavy atom. The molecular formula is C33H54N2O7. The van der Waals surface area contributed by atoms with Crippen LogP contribution in [0.3, 0.4) is 0 Å². The van der Waals surface area contributed by atoms with Crippen molar-refractivity contribution < 1.29 is 34.2 Å². The smallest absolute Gasteiger partial charge is 0.229 e. The van der Waals surface area contributed by atoms with Crippen molar-refractivity contribution in [1.29, 1.82) is 0 Å². The molecule has 9 nitrogen and oxygen atoms in total. The van der Waals surface area contributed by atoms with E-state index in [-0.39, 0.29) is 103 Å². The first kappa shape index (κ1) is 34.4. The molecule has 0 aromatic heterocycles. The van der Waals surface area contributed by atoms with E-state index in [1.807, 2.05) is 41.5 Å². The Kier molecular flexibility index (Phi) is 12.3. The fourth-order valence-electron chi connectivity index (χ4n) is 8.88. The van der Waals surface area contributed by atoms with Gasteiger partial charge in [0.1, 0.15) is 5.78 Å². The van der Waals surface area contributed by atoms with Crippen LogP contribution in [-0.2, 0) is 24.0 Å². The van der Waals surface area contributed by atoms with E-state index in [1.54, 1.807) is 0 Å². The molecule has 9 heteroatoms. The first-order valence-corrected chi connectivity index (χ1v) is 16.3. The molecule has 3 fully saturated rings. The Balaban J connectivity index is 1.88. The van der Waals surface area contributed by atoms with Gasteiger partial charge < -0.3 is 10.2 Å². The SMILES string of the molecule is CC[C@@H]1C(C2CCC(C3[C@@H](C(=O)NC(=O)CC(C)C)C[C@@H](CO)[C@H]3CC)C2=O)[C@H](C(=O)NC(=O)CC(C)C)C[C@@H]1CO. The van der Waals surface area contributed by atoms with Gasteiger partial charge in [0.05, 0.1) is 0 Å². The minimum absolute atomic E-state index is 0.0258. The fourth-order valence-corrected chi connectivity index (χ4v) is 8.88. The fraction of sp³-hybridized carbons (Fsp3) is 0.848. The first-order chi connectivity index (χ1) is 19.9. The maximum Gasteiger partial charge on any atom is 0.229 e. The second-order valence-electron chi connectivity index (χ2n) is 14.1. The molecule has 0 heterocycles. The minimum atomic E-state index is -0.542. The van der Waals surface area contributed by atoms with Crippen molar-refractivity contribution in [3.63, 3.8) is 0 Å². The molecule has 0 bridgehead atoms. The molecule has 0 spiro atoms. The van der Waals surface area contributed by atoms with E-state index >= 15 is 0 Å². The topological polar surface area (TPSA) is 150 Å². The van der Waals surface area contributed by atoms with Gasteiger partial charge >= 0.3 is 0 Å². The van der Waals surface area contributed by atoms with Crippen molar-refractivity contribution in [1.82, 2.24) is 10.6 Å². The van der Waals surface area contributed by atoms with Gasteiger partial charge in [-0.2, -0.15) is 0 Å². The Morgan fingerprint density at radius 3 is 1.36 bits per heavy atom. The summed E-state index contributed by atoms with van der Waals surface area (Å²) in [6, 6.07) is 0. The lowest BCUT2D eigenvalue weighted by Crippen LogP contribution is -2.43. The van der Waals surface area contributed by atoms with Crippen molar-refractivity contribution in [3.8, 4) is 0 Å². The Bertz CT molecular complexity index is 919. The summed E-state index contributed by atoms with van der Waals surface area (Å²) in [5, 5.41) is 25.5. The Morgan fingerprint density at radius 2 is 1.07 bits per heavy atom. The summed E-state index contributed by atoms with van der Waals surface area (Å²) < 4.78 is 0. The average molecular weight is 591 g/mol. The average Bonchev–Trinajstić information content (AvgIpc) is 3.58. The first-order valence-electron chi connectivity index (χ1n) is 16.3. The van der Waals surface area contributed by atoms with E-state index < -0.39 is 23.7 Å². The maximum absolute atomic E-state index is 14.3. The quantitative estimate of drug-likeness (QED) is 0.272. The number of nitrogens with one attached hydrogen (secondary N) is 2. The van der Waals surface area contributed by atoms with Gasteiger partial charge in [0.15, 0.2) is 0 Å². The van der Waals surface area contributed by atoms with Gasteiger partial charge in [-0.1, -0.05) is 54.4 Å². The zero-order chi connectivity index (χ0) is 31.3. The summed E-state index contributed by atoms with van der Waals surface area (Å²) >= 11 is 0. The molecule has 4 unspecified atom stereocenters. The highest BCUT2D eigenvalue weighted by Crippen LogP contribution is 2.56. The van der Waals surface area contributed by atoms with Crippen LogP contribution in [0.15, 0.2) is 0 Å². The zero-order valence-electron chi connectivity index (χ0n) is 26.4. The summed E-state index contributed by atoms with van der Waals surface area (Å²) in [7, 11) is 0. The molecule has 0 saturated heterocycles. The number of imide groups is 2. The predicted octanol–water partition coefficient (Wildman–Crippen LogP) is 3.50. The molecule has 42 heavy (non-hydrogen) atoms. The lowest BCUT2D eigenvalue weighted by molar-refractivity contribution is -0.135. The number of aliphatic hydroxyl groups excluding tert-OH is 2. The molecule has 0 aromatic rings. The van der Waals surface area contributed by atoms with Crippen LogP contribution in [0.2, 0.25) is 0 Å². The molecule has 3 rings (SSSR count). The minimum Gasteiger partial charge on any atom is -0.396 e. The van der Waals surface area contributed by atoms with Crippen molar-refractivity contribution in [3.05, 3.63) is 0 Å². The number of ketones is 1. The van der Waals surface area contributed by atoms with Gasteiger partial charge in [-0.25, -0.2) is 0 Å². The third-order valence-electron chi connectivity index (χ3n) is 10.5. The summed E-state index contributed by atoms with van der Waals surface area (Å²) in [6.45, 7) is 11.5. The van der Waals surface area contributed by atoms with Crippen LogP contribution in [0.25, 0.3) is 0 Å². The van der Waals surface area contributed by atoms with Crippen molar-refractivity contribution in [2.45, 2.75) is 92.9 Å². The summed E-state index contributed by atoms with van der Waals surface area (Å²) in [5.74, 6) is -3.84. The normalized spacial score (nSPS) is 34.8. The molecule has 0 radical (unpaired) electrons. The van der Waals surface area contributed by atoms with Crippen LogP contribution in [0.1, 0.15) is 92.9 Å². The maximum atomic E-state index is 14.3. The second-order valence-corrected chi connectivity index (χ2v) is 14.1. The van der Waals surface area contributed by atoms with E-state index in [1.165, 1.54) is 0 Å². The van der Waals surface area contributed by atoms with E-state index in [9.17, 15) is 34.2 Å². The monoisotopic (exact) mass is 590 g/mol. The molecule has 0 aromatic carbocycles. The highest BCUT2D eigenvalue weighted by Gasteiger charge is 2.57. The van der Waals surface area contributed by atoms with Crippen molar-refractivity contribution in [2.24, 2.45) is 71.0 Å². The van der Waals surface area contributed by atoms with Gasteiger partial charge in [-0.3, -0.25) is 34.6 Å². The van der Waals surface area contributed by atoms with Gasteiger partial charge in [0.25, 0.3) is 0 Å². The number of carbonyl (C=O) groups is 5. The zero-order valence-corrected chi connectivity index (χ0v) is 26.4. The van der Waals surface area contributed by atoms with Crippen LogP contribution in [0.4, 0.5) is 0 Å². The van der Waals surface area contributed by atoms with Crippen LogP contribution < -0.4 is 10.6 Å². The van der Waals surface area contributed by atoms with Crippen molar-refractivity contribution in [2.75, 3.05) is 13.2 Å². The highest BCUT2D eigenvalue weighted by atomic mass is 16.3. The van der Waals surface area contributed by atoms with Gasteiger partial charge in [0.2, 0.25) is 23.6 Å². The second kappa shape index (κ2) is 15.0. The lowest BCUT2D eigenvalue weighted by Gasteiger charge is -2.32. The highest BCUT2D eigenvalue weighted by molar-refractivity contribution is 5.98. The van der Waals surface area contributed by atoms with Crippen molar-refractivity contribution >= 4 is 29.4 Å².